The molecule has 0 atom stereocenters. The van der Waals surface area contributed by atoms with Gasteiger partial charge in [-0.2, -0.15) is 9.40 Å². The molecule has 1 amide bonds. The Morgan fingerprint density at radius 1 is 1.35 bits per heavy atom. The number of aromatic nitrogens is 3. The Labute approximate surface area is 154 Å². The number of carbonyl (C=O) groups is 1. The van der Waals surface area contributed by atoms with Crippen LogP contribution < -0.4 is 5.32 Å². The third kappa shape index (κ3) is 3.98. The van der Waals surface area contributed by atoms with E-state index in [9.17, 15) is 13.2 Å². The van der Waals surface area contributed by atoms with Crippen molar-refractivity contribution in [1.82, 2.24) is 19.5 Å². The first-order valence-corrected chi connectivity index (χ1v) is 9.90. The second-order valence-corrected chi connectivity index (χ2v) is 8.91. The first kappa shape index (κ1) is 18.2. The summed E-state index contributed by atoms with van der Waals surface area (Å²) in [4.78, 5) is 18.2. The van der Waals surface area contributed by atoms with Crippen LogP contribution in [0.1, 0.15) is 4.88 Å². The molecule has 0 aliphatic heterocycles. The van der Waals surface area contributed by atoms with Crippen LogP contribution in [0.25, 0.3) is 10.6 Å². The molecule has 0 saturated carbocycles. The SMILES string of the molecule is Cc1ccc(-c2cc(NC(=O)CN(C)S(=O)(=O)c3cccnc3)n[nH]2)s1. The highest BCUT2D eigenvalue weighted by Crippen LogP contribution is 2.27. The van der Waals surface area contributed by atoms with Gasteiger partial charge in [-0.05, 0) is 31.2 Å². The Balaban J connectivity index is 1.65. The summed E-state index contributed by atoms with van der Waals surface area (Å²) in [5, 5.41) is 9.49. The second kappa shape index (κ2) is 7.36. The number of carbonyl (C=O) groups excluding carboxylic acids is 1. The minimum atomic E-state index is -3.78. The standard InChI is InChI=1S/C16H17N5O3S2/c1-11-5-6-14(25-11)13-8-15(20-19-13)18-16(22)10-21(2)26(23,24)12-4-3-7-17-9-12/h3-9H,10H2,1-2H3,(H2,18,19,20,22). The molecule has 0 aromatic carbocycles. The predicted molar refractivity (Wildman–Crippen MR) is 99.3 cm³/mol. The van der Waals surface area contributed by atoms with Gasteiger partial charge in [0.25, 0.3) is 0 Å². The number of likely N-dealkylation sites (N-methyl/N-ethyl adjacent to an activating group) is 1. The lowest BCUT2D eigenvalue weighted by atomic mass is 10.3. The van der Waals surface area contributed by atoms with Crippen molar-refractivity contribution in [2.45, 2.75) is 11.8 Å². The van der Waals surface area contributed by atoms with Gasteiger partial charge in [-0.3, -0.25) is 14.9 Å². The summed E-state index contributed by atoms with van der Waals surface area (Å²) < 4.78 is 25.8. The summed E-state index contributed by atoms with van der Waals surface area (Å²) in [6.07, 6.45) is 2.72. The number of nitrogens with zero attached hydrogens (tertiary/aromatic N) is 3. The largest absolute Gasteiger partial charge is 0.308 e. The normalized spacial score (nSPS) is 11.7. The zero-order valence-electron chi connectivity index (χ0n) is 14.1. The number of sulfonamides is 1. The van der Waals surface area contributed by atoms with Crippen LogP contribution in [0.2, 0.25) is 0 Å². The van der Waals surface area contributed by atoms with Gasteiger partial charge in [-0.25, -0.2) is 8.42 Å². The lowest BCUT2D eigenvalue weighted by Gasteiger charge is -2.16. The molecule has 0 radical (unpaired) electrons. The molecule has 3 aromatic rings. The maximum absolute atomic E-state index is 12.4. The van der Waals surface area contributed by atoms with E-state index in [1.165, 1.54) is 36.5 Å². The zero-order chi connectivity index (χ0) is 18.7. The molecule has 0 saturated heterocycles. The summed E-state index contributed by atoms with van der Waals surface area (Å²) >= 11 is 1.61. The van der Waals surface area contributed by atoms with Gasteiger partial charge in [0, 0.05) is 30.4 Å². The van der Waals surface area contributed by atoms with Crippen molar-refractivity contribution in [3.05, 3.63) is 47.6 Å². The molecule has 8 nitrogen and oxygen atoms in total. The monoisotopic (exact) mass is 391 g/mol. The number of rotatable bonds is 6. The number of thiophene rings is 1. The average Bonchev–Trinajstić information content (AvgIpc) is 3.24. The Hall–Kier alpha value is -2.56. The maximum atomic E-state index is 12.4. The van der Waals surface area contributed by atoms with Crippen LogP contribution >= 0.6 is 11.3 Å². The van der Waals surface area contributed by atoms with E-state index in [0.29, 0.717) is 5.82 Å². The fraction of sp³-hybridized carbons (Fsp3) is 0.188. The summed E-state index contributed by atoms with van der Waals surface area (Å²) in [6, 6.07) is 8.63. The van der Waals surface area contributed by atoms with Crippen LogP contribution in [0.15, 0.2) is 47.6 Å². The van der Waals surface area contributed by atoms with E-state index < -0.39 is 15.9 Å². The third-order valence-corrected chi connectivity index (χ3v) is 6.38. The molecule has 3 rings (SSSR count). The minimum Gasteiger partial charge on any atom is -0.308 e. The van der Waals surface area contributed by atoms with Crippen molar-refractivity contribution in [3.63, 3.8) is 0 Å². The molecular formula is C16H17N5O3S2. The molecule has 0 spiro atoms. The highest BCUT2D eigenvalue weighted by atomic mass is 32.2. The Morgan fingerprint density at radius 2 is 2.15 bits per heavy atom. The number of hydrogen-bond acceptors (Lipinski definition) is 6. The summed E-state index contributed by atoms with van der Waals surface area (Å²) in [5.74, 6) is -0.149. The van der Waals surface area contributed by atoms with Crippen LogP contribution in [0, 0.1) is 6.92 Å². The fourth-order valence-corrected chi connectivity index (χ4v) is 4.17. The highest BCUT2D eigenvalue weighted by Gasteiger charge is 2.23. The Morgan fingerprint density at radius 3 is 2.81 bits per heavy atom. The number of hydrogen-bond donors (Lipinski definition) is 2. The van der Waals surface area contributed by atoms with E-state index in [1.807, 2.05) is 19.1 Å². The molecule has 3 aromatic heterocycles. The average molecular weight is 391 g/mol. The molecular weight excluding hydrogens is 374 g/mol. The third-order valence-electron chi connectivity index (χ3n) is 3.56. The Kier molecular flexibility index (Phi) is 5.16. The van der Waals surface area contributed by atoms with E-state index in [1.54, 1.807) is 17.4 Å². The van der Waals surface area contributed by atoms with E-state index in [0.717, 1.165) is 14.9 Å². The van der Waals surface area contributed by atoms with Crippen molar-refractivity contribution < 1.29 is 13.2 Å². The fourth-order valence-electron chi connectivity index (χ4n) is 2.24. The number of anilines is 1. The van der Waals surface area contributed by atoms with Gasteiger partial charge in [-0.15, -0.1) is 11.3 Å². The van der Waals surface area contributed by atoms with Crippen molar-refractivity contribution in [3.8, 4) is 10.6 Å². The number of pyridine rings is 1. The van der Waals surface area contributed by atoms with Gasteiger partial charge in [0.1, 0.15) is 4.90 Å². The van der Waals surface area contributed by atoms with Gasteiger partial charge in [0.05, 0.1) is 17.1 Å². The predicted octanol–water partition coefficient (Wildman–Crippen LogP) is 2.10. The maximum Gasteiger partial charge on any atom is 0.244 e. The molecule has 0 aliphatic rings. The number of aryl methyl sites for hydroxylation is 1. The molecule has 0 aliphatic carbocycles. The van der Waals surface area contributed by atoms with Crippen molar-refractivity contribution in [2.75, 3.05) is 18.9 Å². The zero-order valence-corrected chi connectivity index (χ0v) is 15.8. The first-order chi connectivity index (χ1) is 12.4. The van der Waals surface area contributed by atoms with E-state index in [2.05, 4.69) is 20.5 Å². The summed E-state index contributed by atoms with van der Waals surface area (Å²) in [5.41, 5.74) is 0.787. The molecule has 3 heterocycles. The van der Waals surface area contributed by atoms with E-state index in [-0.39, 0.29) is 11.4 Å². The van der Waals surface area contributed by atoms with Crippen molar-refractivity contribution in [1.29, 1.82) is 0 Å². The second-order valence-electron chi connectivity index (χ2n) is 5.58. The summed E-state index contributed by atoms with van der Waals surface area (Å²) in [7, 11) is -2.44. The van der Waals surface area contributed by atoms with Crippen LogP contribution in [0.4, 0.5) is 5.82 Å². The molecule has 10 heteroatoms. The smallest absolute Gasteiger partial charge is 0.244 e. The van der Waals surface area contributed by atoms with Gasteiger partial charge < -0.3 is 5.32 Å². The first-order valence-electron chi connectivity index (χ1n) is 7.65. The van der Waals surface area contributed by atoms with Gasteiger partial charge >= 0.3 is 0 Å². The lowest BCUT2D eigenvalue weighted by Crippen LogP contribution is -2.35. The summed E-state index contributed by atoms with van der Waals surface area (Å²) in [6.45, 7) is 1.67. The lowest BCUT2D eigenvalue weighted by molar-refractivity contribution is -0.116. The number of aromatic amines is 1. The highest BCUT2D eigenvalue weighted by molar-refractivity contribution is 7.89. The van der Waals surface area contributed by atoms with Crippen LogP contribution in [0.5, 0.6) is 0 Å². The quantitative estimate of drug-likeness (QED) is 0.669. The number of amides is 1. The van der Waals surface area contributed by atoms with Crippen LogP contribution in [-0.4, -0.2) is 47.4 Å². The molecule has 0 unspecified atom stereocenters. The van der Waals surface area contributed by atoms with Crippen LogP contribution in [-0.2, 0) is 14.8 Å². The molecule has 26 heavy (non-hydrogen) atoms. The number of nitrogens with one attached hydrogen (secondary N) is 2. The Bertz CT molecular complexity index is 1010. The number of H-pyrrole nitrogens is 1. The molecule has 2 N–H and O–H groups in total. The van der Waals surface area contributed by atoms with Gasteiger partial charge in [0.2, 0.25) is 15.9 Å². The van der Waals surface area contributed by atoms with Crippen LogP contribution in [0.3, 0.4) is 0 Å². The van der Waals surface area contributed by atoms with Gasteiger partial charge in [0.15, 0.2) is 5.82 Å². The minimum absolute atomic E-state index is 0.0328. The van der Waals surface area contributed by atoms with Crippen molar-refractivity contribution in [2.24, 2.45) is 0 Å². The van der Waals surface area contributed by atoms with Crippen molar-refractivity contribution >= 4 is 33.1 Å². The topological polar surface area (TPSA) is 108 Å². The van der Waals surface area contributed by atoms with E-state index >= 15 is 0 Å². The molecule has 0 bridgehead atoms. The molecule has 0 fully saturated rings. The molecule has 136 valence electrons. The van der Waals surface area contributed by atoms with E-state index in [4.69, 9.17) is 0 Å². The van der Waals surface area contributed by atoms with Gasteiger partial charge in [-0.1, -0.05) is 0 Å².